The predicted molar refractivity (Wildman–Crippen MR) is 129 cm³/mol. The molecule has 0 fully saturated rings. The van der Waals surface area contributed by atoms with E-state index in [-0.39, 0.29) is 11.5 Å². The normalized spacial score (nSPS) is 13.8. The molecule has 1 unspecified atom stereocenters. The summed E-state index contributed by atoms with van der Waals surface area (Å²) in [5.74, 6) is -0.378. The molecule has 0 spiro atoms. The van der Waals surface area contributed by atoms with E-state index >= 15 is 0 Å². The van der Waals surface area contributed by atoms with Crippen LogP contribution in [-0.4, -0.2) is 43.5 Å². The van der Waals surface area contributed by atoms with Gasteiger partial charge in [-0.25, -0.2) is 13.6 Å². The molecular weight excluding hydrogens is 446 g/mol. The summed E-state index contributed by atoms with van der Waals surface area (Å²) in [5, 5.41) is 6.10. The summed E-state index contributed by atoms with van der Waals surface area (Å²) < 4.78 is 26.4. The Hall–Kier alpha value is -2.45. The minimum atomic E-state index is -3.80. The van der Waals surface area contributed by atoms with Crippen LogP contribution in [0.3, 0.4) is 0 Å². The molecule has 1 atom stereocenters. The molecule has 170 valence electrons. The molecule has 0 saturated carbocycles. The Labute approximate surface area is 194 Å². The summed E-state index contributed by atoms with van der Waals surface area (Å²) in [7, 11) is 1.70. The lowest BCUT2D eigenvalue weighted by molar-refractivity contribution is 0.103. The van der Waals surface area contributed by atoms with Crippen molar-refractivity contribution in [2.45, 2.75) is 18.9 Å². The molecule has 0 radical (unpaired) electrons. The van der Waals surface area contributed by atoms with Gasteiger partial charge >= 0.3 is 0 Å². The maximum atomic E-state index is 13.2. The van der Waals surface area contributed by atoms with E-state index < -0.39 is 15.6 Å². The molecule has 0 aliphatic heterocycles. The number of carbonyl (C=O) groups is 1. The van der Waals surface area contributed by atoms with Gasteiger partial charge in [-0.15, -0.1) is 0 Å². The third kappa shape index (κ3) is 4.96. The highest BCUT2D eigenvalue weighted by Crippen LogP contribution is 2.33. The van der Waals surface area contributed by atoms with Gasteiger partial charge in [0, 0.05) is 29.7 Å². The van der Waals surface area contributed by atoms with Crippen LogP contribution in [0.4, 0.5) is 0 Å². The van der Waals surface area contributed by atoms with Crippen LogP contribution >= 0.6 is 11.6 Å². The summed E-state index contributed by atoms with van der Waals surface area (Å²) in [5.41, 5.74) is 2.67. The molecule has 6 nitrogen and oxygen atoms in total. The molecule has 0 saturated heterocycles. The average Bonchev–Trinajstić information content (AvgIpc) is 2.99. The van der Waals surface area contributed by atoms with E-state index in [1.807, 2.05) is 73.9 Å². The van der Waals surface area contributed by atoms with Gasteiger partial charge in [0.05, 0.1) is 17.0 Å². The molecule has 3 rings (SSSR count). The number of carbonyl (C=O) groups excluding carboxylic acids is 1. The van der Waals surface area contributed by atoms with Crippen LogP contribution in [0.2, 0.25) is 5.02 Å². The van der Waals surface area contributed by atoms with Crippen molar-refractivity contribution in [1.82, 2.24) is 9.47 Å². The molecule has 32 heavy (non-hydrogen) atoms. The summed E-state index contributed by atoms with van der Waals surface area (Å²) in [4.78, 5) is 15.1. The second kappa shape index (κ2) is 9.19. The molecule has 3 aromatic rings. The first-order chi connectivity index (χ1) is 14.9. The number of sulfonamides is 1. The molecular formula is C24H28ClN3O3S. The molecule has 2 N–H and O–H groups in total. The van der Waals surface area contributed by atoms with Gasteiger partial charge in [-0.05, 0) is 62.5 Å². The maximum absolute atomic E-state index is 13.2. The van der Waals surface area contributed by atoms with Crippen molar-refractivity contribution in [3.05, 3.63) is 93.8 Å². The molecule has 0 bridgehead atoms. The number of nitrogens with two attached hydrogens (primary N) is 1. The first-order valence-corrected chi connectivity index (χ1v) is 12.2. The van der Waals surface area contributed by atoms with Gasteiger partial charge < -0.3 is 4.57 Å². The van der Waals surface area contributed by atoms with Crippen LogP contribution in [-0.2, 0) is 29.0 Å². The summed E-state index contributed by atoms with van der Waals surface area (Å²) in [6, 6.07) is 18.2. The maximum Gasteiger partial charge on any atom is 0.211 e. The standard InChI is InChI=1S/C24H28ClN3O3S/c1-17-14-21(28(4)22(17)23(29)18-10-12-20(25)13-11-18)15-24(27(2)3,16-32(26,30)31)19-8-6-5-7-9-19/h5-14H,15-16H2,1-4H3,(H2,26,30,31). The third-order valence-electron chi connectivity index (χ3n) is 5.93. The lowest BCUT2D eigenvalue weighted by Crippen LogP contribution is -2.50. The number of rotatable bonds is 8. The van der Waals surface area contributed by atoms with Crippen LogP contribution in [0.1, 0.15) is 32.9 Å². The Balaban J connectivity index is 2.11. The zero-order valence-corrected chi connectivity index (χ0v) is 20.2. The fraction of sp³-hybridized carbons (Fsp3) is 0.292. The SMILES string of the molecule is Cc1cc(CC(CS(N)(=O)=O)(c2ccccc2)N(C)C)n(C)c1C(=O)c1ccc(Cl)cc1. The molecule has 0 aliphatic rings. The number of halogens is 1. The largest absolute Gasteiger partial charge is 0.345 e. The molecule has 2 aromatic carbocycles. The van der Waals surface area contributed by atoms with Gasteiger partial charge in [-0.3, -0.25) is 9.69 Å². The zero-order chi connectivity index (χ0) is 23.7. The van der Waals surface area contributed by atoms with Crippen molar-refractivity contribution in [1.29, 1.82) is 0 Å². The van der Waals surface area contributed by atoms with Crippen molar-refractivity contribution in [2.24, 2.45) is 12.2 Å². The van der Waals surface area contributed by atoms with Gasteiger partial charge in [-0.2, -0.15) is 0 Å². The van der Waals surface area contributed by atoms with Gasteiger partial charge in [0.15, 0.2) is 0 Å². The molecule has 0 amide bonds. The number of hydrogen-bond donors (Lipinski definition) is 1. The number of nitrogens with zero attached hydrogens (tertiary/aromatic N) is 2. The van der Waals surface area contributed by atoms with E-state index in [1.165, 1.54) is 0 Å². The third-order valence-corrected chi connectivity index (χ3v) is 7.06. The number of aromatic nitrogens is 1. The number of hydrogen-bond acceptors (Lipinski definition) is 4. The van der Waals surface area contributed by atoms with Gasteiger partial charge in [-0.1, -0.05) is 41.9 Å². The van der Waals surface area contributed by atoms with Crippen LogP contribution in [0.15, 0.2) is 60.7 Å². The minimum Gasteiger partial charge on any atom is -0.345 e. The fourth-order valence-electron chi connectivity index (χ4n) is 4.22. The Morgan fingerprint density at radius 1 is 1.09 bits per heavy atom. The highest BCUT2D eigenvalue weighted by molar-refractivity contribution is 7.89. The van der Waals surface area contributed by atoms with Crippen LogP contribution in [0, 0.1) is 6.92 Å². The lowest BCUT2D eigenvalue weighted by atomic mass is 9.85. The lowest BCUT2D eigenvalue weighted by Gasteiger charge is -2.40. The van der Waals surface area contributed by atoms with Crippen LogP contribution < -0.4 is 5.14 Å². The average molecular weight is 474 g/mol. The molecule has 0 aliphatic carbocycles. The quantitative estimate of drug-likeness (QED) is 0.507. The van der Waals surface area contributed by atoms with Gasteiger partial charge in [0.25, 0.3) is 0 Å². The van der Waals surface area contributed by atoms with E-state index in [4.69, 9.17) is 16.7 Å². The first-order valence-electron chi connectivity index (χ1n) is 10.1. The Kier molecular flexibility index (Phi) is 6.95. The second-order valence-corrected chi connectivity index (χ2v) is 10.4. The van der Waals surface area contributed by atoms with Crippen molar-refractivity contribution >= 4 is 27.4 Å². The molecule has 1 heterocycles. The number of benzene rings is 2. The van der Waals surface area contributed by atoms with E-state index in [1.54, 1.807) is 24.3 Å². The highest BCUT2D eigenvalue weighted by Gasteiger charge is 2.39. The number of ketones is 1. The summed E-state index contributed by atoms with van der Waals surface area (Å²) >= 11 is 5.96. The van der Waals surface area contributed by atoms with Crippen molar-refractivity contribution < 1.29 is 13.2 Å². The van der Waals surface area contributed by atoms with E-state index in [0.29, 0.717) is 22.7 Å². The van der Waals surface area contributed by atoms with Gasteiger partial charge in [0.1, 0.15) is 0 Å². The number of likely N-dealkylation sites (N-methyl/N-ethyl adjacent to an activating group) is 1. The molecule has 1 aromatic heterocycles. The number of aryl methyl sites for hydroxylation is 1. The Morgan fingerprint density at radius 2 is 1.69 bits per heavy atom. The van der Waals surface area contributed by atoms with Crippen LogP contribution in [0.5, 0.6) is 0 Å². The first kappa shape index (κ1) is 24.2. The highest BCUT2D eigenvalue weighted by atomic mass is 35.5. The van der Waals surface area contributed by atoms with Crippen molar-refractivity contribution in [2.75, 3.05) is 19.8 Å². The topological polar surface area (TPSA) is 85.4 Å². The Morgan fingerprint density at radius 3 is 2.22 bits per heavy atom. The molecule has 8 heteroatoms. The minimum absolute atomic E-state index is 0.116. The van der Waals surface area contributed by atoms with Crippen molar-refractivity contribution in [3.8, 4) is 0 Å². The van der Waals surface area contributed by atoms with Gasteiger partial charge in [0.2, 0.25) is 15.8 Å². The second-order valence-electron chi connectivity index (χ2n) is 8.34. The summed E-state index contributed by atoms with van der Waals surface area (Å²) in [6.07, 6.45) is 0.353. The zero-order valence-electron chi connectivity index (χ0n) is 18.7. The summed E-state index contributed by atoms with van der Waals surface area (Å²) in [6.45, 7) is 1.88. The van der Waals surface area contributed by atoms with E-state index in [0.717, 1.165) is 16.8 Å². The van der Waals surface area contributed by atoms with E-state index in [9.17, 15) is 13.2 Å². The smallest absolute Gasteiger partial charge is 0.211 e. The Bertz CT molecular complexity index is 1220. The van der Waals surface area contributed by atoms with Crippen LogP contribution in [0.25, 0.3) is 0 Å². The van der Waals surface area contributed by atoms with E-state index in [2.05, 4.69) is 0 Å². The fourth-order valence-corrected chi connectivity index (χ4v) is 5.54. The predicted octanol–water partition coefficient (Wildman–Crippen LogP) is 3.51. The number of primary sulfonamides is 1. The monoisotopic (exact) mass is 473 g/mol. The van der Waals surface area contributed by atoms with Crippen molar-refractivity contribution in [3.63, 3.8) is 0 Å².